The fraction of sp³-hybridized carbons (Fsp3) is 0.156. The number of carbonyl (C=O) groups excluding carboxylic acids is 4. The lowest BCUT2D eigenvalue weighted by Gasteiger charge is -2.16. The first-order chi connectivity index (χ1) is 22.2. The first kappa shape index (κ1) is 31.7. The standard InChI is InChI=1S/C32H23N5O7S2/c1-42-24-8-5-18(11-25(24)43-2)23(38)15-44-32(41)17-3-6-20(7-4-17)37-27(39)12-26(31(37)40)46-30-22(14-34)28(19-9-10-45-16-19)21(13-33)29(35)36-30/h3-11,16,26H,12,15H2,1-2H3,(H2,35,36). The first-order valence-electron chi connectivity index (χ1n) is 13.4. The molecule has 5 rings (SSSR count). The Kier molecular flexibility index (Phi) is 9.32. The minimum Gasteiger partial charge on any atom is -0.493 e. The smallest absolute Gasteiger partial charge is 0.338 e. The Labute approximate surface area is 270 Å². The van der Waals surface area contributed by atoms with Gasteiger partial charge in [-0.2, -0.15) is 21.9 Å². The van der Waals surface area contributed by atoms with E-state index in [-0.39, 0.29) is 45.2 Å². The lowest BCUT2D eigenvalue weighted by Crippen LogP contribution is -2.31. The Morgan fingerprint density at radius 3 is 2.35 bits per heavy atom. The lowest BCUT2D eigenvalue weighted by atomic mass is 9.99. The zero-order valence-corrected chi connectivity index (χ0v) is 25.9. The molecule has 2 N–H and O–H groups in total. The molecule has 1 saturated heterocycles. The summed E-state index contributed by atoms with van der Waals surface area (Å²) in [6, 6.07) is 16.0. The minimum absolute atomic E-state index is 0.0543. The van der Waals surface area contributed by atoms with E-state index in [0.717, 1.165) is 16.7 Å². The van der Waals surface area contributed by atoms with E-state index in [1.54, 1.807) is 22.9 Å². The number of ketones is 1. The van der Waals surface area contributed by atoms with Gasteiger partial charge in [0, 0.05) is 17.5 Å². The number of carbonyl (C=O) groups is 4. The molecular weight excluding hydrogens is 631 g/mol. The third-order valence-corrected chi connectivity index (χ3v) is 8.84. The van der Waals surface area contributed by atoms with Crippen molar-refractivity contribution in [2.24, 2.45) is 0 Å². The number of ether oxygens (including phenoxy) is 3. The molecule has 1 aliphatic heterocycles. The van der Waals surface area contributed by atoms with Crippen LogP contribution in [-0.2, 0) is 14.3 Å². The number of nitrogens with zero attached hydrogens (tertiary/aromatic N) is 4. The highest BCUT2D eigenvalue weighted by Gasteiger charge is 2.41. The number of thioether (sulfide) groups is 1. The number of Topliss-reactive ketones (excluding diaryl/α,β-unsaturated/α-hetero) is 1. The van der Waals surface area contributed by atoms with Crippen LogP contribution in [0, 0.1) is 22.7 Å². The molecule has 0 bridgehead atoms. The number of imide groups is 1. The molecule has 0 saturated carbocycles. The van der Waals surface area contributed by atoms with E-state index in [4.69, 9.17) is 19.9 Å². The highest BCUT2D eigenvalue weighted by atomic mass is 32.2. The number of amides is 2. The molecule has 2 amide bonds. The molecule has 0 aliphatic carbocycles. The maximum absolute atomic E-state index is 13.4. The molecule has 14 heteroatoms. The molecule has 12 nitrogen and oxygen atoms in total. The van der Waals surface area contributed by atoms with Crippen LogP contribution in [0.3, 0.4) is 0 Å². The SMILES string of the molecule is COc1ccc(C(=O)COC(=O)c2ccc(N3C(=O)CC(Sc4nc(N)c(C#N)c(-c5ccsc5)c4C#N)C3=O)cc2)cc1OC. The molecule has 4 aromatic rings. The van der Waals surface area contributed by atoms with Crippen LogP contribution in [0.15, 0.2) is 64.3 Å². The zero-order chi connectivity index (χ0) is 33.0. The third-order valence-electron chi connectivity index (χ3n) is 6.99. The van der Waals surface area contributed by atoms with Crippen LogP contribution in [0.1, 0.15) is 38.3 Å². The van der Waals surface area contributed by atoms with E-state index in [1.807, 2.05) is 6.07 Å². The number of hydrogen-bond acceptors (Lipinski definition) is 13. The van der Waals surface area contributed by atoms with E-state index < -0.39 is 35.4 Å². The minimum atomic E-state index is -0.915. The monoisotopic (exact) mass is 653 g/mol. The van der Waals surface area contributed by atoms with Gasteiger partial charge in [0.05, 0.1) is 36.3 Å². The van der Waals surface area contributed by atoms with Crippen molar-refractivity contribution in [2.75, 3.05) is 31.5 Å². The zero-order valence-electron chi connectivity index (χ0n) is 24.3. The van der Waals surface area contributed by atoms with Gasteiger partial charge in [-0.15, -0.1) is 0 Å². The summed E-state index contributed by atoms with van der Waals surface area (Å²) in [5, 5.41) is 22.5. The molecule has 3 heterocycles. The van der Waals surface area contributed by atoms with Crippen molar-refractivity contribution in [3.05, 3.63) is 81.5 Å². The highest BCUT2D eigenvalue weighted by Crippen LogP contribution is 2.40. The van der Waals surface area contributed by atoms with Crippen LogP contribution >= 0.6 is 23.1 Å². The third kappa shape index (κ3) is 6.12. The number of anilines is 2. The average molecular weight is 654 g/mol. The normalized spacial score (nSPS) is 14.0. The second kappa shape index (κ2) is 13.5. The quantitative estimate of drug-likeness (QED) is 0.142. The number of esters is 1. The number of nitrogen functional groups attached to an aromatic ring is 1. The fourth-order valence-electron chi connectivity index (χ4n) is 4.73. The largest absolute Gasteiger partial charge is 0.493 e. The molecule has 1 fully saturated rings. The predicted molar refractivity (Wildman–Crippen MR) is 169 cm³/mol. The Morgan fingerprint density at radius 2 is 1.72 bits per heavy atom. The first-order valence-corrected chi connectivity index (χ1v) is 15.2. The summed E-state index contributed by atoms with van der Waals surface area (Å²) < 4.78 is 15.5. The van der Waals surface area contributed by atoms with Gasteiger partial charge in [-0.25, -0.2) is 14.7 Å². The van der Waals surface area contributed by atoms with Gasteiger partial charge in [0.2, 0.25) is 11.8 Å². The Balaban J connectivity index is 1.28. The molecule has 0 radical (unpaired) electrons. The maximum atomic E-state index is 13.4. The van der Waals surface area contributed by atoms with Gasteiger partial charge in [0.1, 0.15) is 28.5 Å². The molecule has 2 aromatic carbocycles. The van der Waals surface area contributed by atoms with E-state index >= 15 is 0 Å². The van der Waals surface area contributed by atoms with Crippen molar-refractivity contribution in [2.45, 2.75) is 16.7 Å². The van der Waals surface area contributed by atoms with Crippen molar-refractivity contribution in [3.8, 4) is 34.8 Å². The molecule has 230 valence electrons. The van der Waals surface area contributed by atoms with Crippen molar-refractivity contribution >= 4 is 58.2 Å². The second-order valence-corrected chi connectivity index (χ2v) is 11.6. The number of hydrogen-bond donors (Lipinski definition) is 1. The summed E-state index contributed by atoms with van der Waals surface area (Å²) >= 11 is 2.30. The number of nitrogens with two attached hydrogens (primary N) is 1. The number of aromatic nitrogens is 1. The van der Waals surface area contributed by atoms with E-state index in [1.165, 1.54) is 62.0 Å². The maximum Gasteiger partial charge on any atom is 0.338 e. The molecule has 0 spiro atoms. The van der Waals surface area contributed by atoms with Gasteiger partial charge in [0.25, 0.3) is 0 Å². The fourth-order valence-corrected chi connectivity index (χ4v) is 6.50. The van der Waals surface area contributed by atoms with Gasteiger partial charge < -0.3 is 19.9 Å². The number of benzene rings is 2. The Hall–Kier alpha value is -5.70. The predicted octanol–water partition coefficient (Wildman–Crippen LogP) is 4.62. The number of thiophene rings is 1. The second-order valence-electron chi connectivity index (χ2n) is 9.66. The summed E-state index contributed by atoms with van der Waals surface area (Å²) in [4.78, 5) is 56.8. The van der Waals surface area contributed by atoms with E-state index in [0.29, 0.717) is 22.6 Å². The van der Waals surface area contributed by atoms with Gasteiger partial charge in [-0.1, -0.05) is 11.8 Å². The van der Waals surface area contributed by atoms with Crippen LogP contribution in [0.4, 0.5) is 11.5 Å². The summed E-state index contributed by atoms with van der Waals surface area (Å²) in [6.45, 7) is -0.523. The van der Waals surface area contributed by atoms with Gasteiger partial charge in [-0.3, -0.25) is 14.4 Å². The van der Waals surface area contributed by atoms with Crippen molar-refractivity contribution in [1.82, 2.24) is 4.98 Å². The van der Waals surface area contributed by atoms with Gasteiger partial charge in [-0.05, 0) is 64.9 Å². The van der Waals surface area contributed by atoms with Crippen LogP contribution in [-0.4, -0.2) is 54.6 Å². The van der Waals surface area contributed by atoms with Crippen molar-refractivity contribution in [1.29, 1.82) is 10.5 Å². The number of nitriles is 2. The molecule has 1 aliphatic rings. The lowest BCUT2D eigenvalue weighted by molar-refractivity contribution is -0.121. The van der Waals surface area contributed by atoms with Crippen LogP contribution < -0.4 is 20.1 Å². The van der Waals surface area contributed by atoms with Gasteiger partial charge in [0.15, 0.2) is 23.9 Å². The Bertz CT molecular complexity index is 1950. The molecule has 46 heavy (non-hydrogen) atoms. The molecule has 2 aromatic heterocycles. The summed E-state index contributed by atoms with van der Waals surface area (Å²) in [5.74, 6) is -1.56. The number of pyridine rings is 1. The number of methoxy groups -OCH3 is 2. The molecular formula is C32H23N5O7S2. The topological polar surface area (TPSA) is 186 Å². The highest BCUT2D eigenvalue weighted by molar-refractivity contribution is 8.00. The molecule has 1 unspecified atom stereocenters. The van der Waals surface area contributed by atoms with E-state index in [9.17, 15) is 29.7 Å². The van der Waals surface area contributed by atoms with Crippen LogP contribution in [0.25, 0.3) is 11.1 Å². The summed E-state index contributed by atoms with van der Waals surface area (Å²) in [5.41, 5.74) is 7.74. The van der Waals surface area contributed by atoms with Crippen molar-refractivity contribution in [3.63, 3.8) is 0 Å². The van der Waals surface area contributed by atoms with E-state index in [2.05, 4.69) is 11.1 Å². The van der Waals surface area contributed by atoms with Gasteiger partial charge >= 0.3 is 5.97 Å². The summed E-state index contributed by atoms with van der Waals surface area (Å²) in [6.07, 6.45) is -0.175. The number of rotatable bonds is 10. The van der Waals surface area contributed by atoms with Crippen LogP contribution in [0.5, 0.6) is 11.5 Å². The summed E-state index contributed by atoms with van der Waals surface area (Å²) in [7, 11) is 2.91. The molecule has 1 atom stereocenters. The average Bonchev–Trinajstić information content (AvgIpc) is 3.70. The van der Waals surface area contributed by atoms with Crippen LogP contribution in [0.2, 0.25) is 0 Å². The Morgan fingerprint density at radius 1 is 1.02 bits per heavy atom. The van der Waals surface area contributed by atoms with Crippen molar-refractivity contribution < 1.29 is 33.4 Å².